The van der Waals surface area contributed by atoms with Gasteiger partial charge in [0.1, 0.15) is 11.9 Å². The minimum absolute atomic E-state index is 0.168. The third-order valence-corrected chi connectivity index (χ3v) is 3.85. The summed E-state index contributed by atoms with van der Waals surface area (Å²) in [4.78, 5) is 2.45. The molecule has 0 saturated heterocycles. The van der Waals surface area contributed by atoms with Crippen molar-refractivity contribution in [3.8, 4) is 5.75 Å². The molecule has 0 bridgehead atoms. The van der Waals surface area contributed by atoms with Crippen LogP contribution < -0.4 is 15.4 Å². The Hall–Kier alpha value is -1.22. The van der Waals surface area contributed by atoms with Crippen LogP contribution >= 0.6 is 0 Å². The van der Waals surface area contributed by atoms with Gasteiger partial charge < -0.3 is 15.4 Å². The molecule has 112 valence electrons. The first kappa shape index (κ1) is 15.2. The largest absolute Gasteiger partial charge is 0.487 e. The van der Waals surface area contributed by atoms with Gasteiger partial charge in [-0.25, -0.2) is 0 Å². The Bertz CT molecular complexity index is 451. The molecule has 0 radical (unpaired) electrons. The lowest BCUT2D eigenvalue weighted by molar-refractivity contribution is 0.212. The molecular weight excluding hydrogens is 248 g/mol. The molecule has 1 aromatic rings. The lowest BCUT2D eigenvalue weighted by Gasteiger charge is -2.36. The molecule has 1 atom stereocenters. The molecule has 3 heteroatoms. The van der Waals surface area contributed by atoms with Crippen molar-refractivity contribution in [1.29, 1.82) is 0 Å². The molecule has 20 heavy (non-hydrogen) atoms. The molecule has 0 spiro atoms. The van der Waals surface area contributed by atoms with Crippen LogP contribution in [0.3, 0.4) is 0 Å². The molecule has 1 aliphatic rings. The van der Waals surface area contributed by atoms with Gasteiger partial charge in [0.15, 0.2) is 0 Å². The third-order valence-electron chi connectivity index (χ3n) is 3.85. The molecule has 1 aliphatic heterocycles. The zero-order chi connectivity index (χ0) is 14.8. The minimum Gasteiger partial charge on any atom is -0.487 e. The molecule has 1 unspecified atom stereocenters. The number of nitrogens with two attached hydrogens (primary N) is 1. The maximum Gasteiger partial charge on any atom is 0.143 e. The molecule has 0 amide bonds. The van der Waals surface area contributed by atoms with Gasteiger partial charge in [-0.1, -0.05) is 26.8 Å². The Morgan fingerprint density at radius 2 is 2.05 bits per heavy atom. The number of hydrogen-bond donors (Lipinski definition) is 1. The van der Waals surface area contributed by atoms with E-state index < -0.39 is 0 Å². The normalized spacial score (nSPS) is 18.6. The lowest BCUT2D eigenvalue weighted by Crippen LogP contribution is -2.39. The molecule has 3 nitrogen and oxygen atoms in total. The molecule has 1 heterocycles. The zero-order valence-corrected chi connectivity index (χ0v) is 13.3. The zero-order valence-electron chi connectivity index (χ0n) is 13.3. The number of hydrogen-bond acceptors (Lipinski definition) is 3. The van der Waals surface area contributed by atoms with Crippen molar-refractivity contribution in [2.45, 2.75) is 52.1 Å². The summed E-state index contributed by atoms with van der Waals surface area (Å²) >= 11 is 0. The minimum atomic E-state index is 0.168. The maximum absolute atomic E-state index is 5.97. The summed E-state index contributed by atoms with van der Waals surface area (Å²) in [5, 5.41) is 0. The molecule has 0 saturated carbocycles. The molecule has 2 rings (SSSR count). The number of benzene rings is 1. The fraction of sp³-hybridized carbons (Fsp3) is 0.647. The fourth-order valence-electron chi connectivity index (χ4n) is 2.65. The second-order valence-corrected chi connectivity index (χ2v) is 6.80. The summed E-state index contributed by atoms with van der Waals surface area (Å²) in [7, 11) is 0. The van der Waals surface area contributed by atoms with Gasteiger partial charge in [-0.15, -0.1) is 0 Å². The Morgan fingerprint density at radius 3 is 2.70 bits per heavy atom. The maximum atomic E-state index is 5.97. The second kappa shape index (κ2) is 6.04. The van der Waals surface area contributed by atoms with Crippen molar-refractivity contribution in [2.24, 2.45) is 5.73 Å². The molecule has 0 aliphatic carbocycles. The van der Waals surface area contributed by atoms with E-state index in [1.165, 1.54) is 11.3 Å². The van der Waals surface area contributed by atoms with Crippen LogP contribution in [0.2, 0.25) is 0 Å². The Kier molecular flexibility index (Phi) is 4.59. The van der Waals surface area contributed by atoms with E-state index in [9.17, 15) is 0 Å². The average Bonchev–Trinajstić information content (AvgIpc) is 2.37. The molecule has 2 N–H and O–H groups in total. The van der Waals surface area contributed by atoms with Crippen molar-refractivity contribution >= 4 is 5.69 Å². The SMILES string of the molecule is CC1CN(CCCCN)c2cc(C(C)(C)C)ccc2O1. The number of nitrogens with zero attached hydrogens (tertiary/aromatic N) is 1. The van der Waals surface area contributed by atoms with E-state index in [0.29, 0.717) is 0 Å². The van der Waals surface area contributed by atoms with Crippen LogP contribution in [-0.4, -0.2) is 25.7 Å². The highest BCUT2D eigenvalue weighted by atomic mass is 16.5. The average molecular weight is 276 g/mol. The Labute approximate surface area is 123 Å². The first-order valence-corrected chi connectivity index (χ1v) is 7.68. The summed E-state index contributed by atoms with van der Waals surface area (Å²) in [6.07, 6.45) is 2.48. The predicted molar refractivity (Wildman–Crippen MR) is 85.7 cm³/mol. The van der Waals surface area contributed by atoms with Crippen LogP contribution in [0.15, 0.2) is 18.2 Å². The van der Waals surface area contributed by atoms with E-state index >= 15 is 0 Å². The summed E-state index contributed by atoms with van der Waals surface area (Å²) in [6.45, 7) is 11.7. The van der Waals surface area contributed by atoms with Crippen molar-refractivity contribution in [1.82, 2.24) is 0 Å². The highest BCUT2D eigenvalue weighted by Gasteiger charge is 2.24. The van der Waals surface area contributed by atoms with Gasteiger partial charge in [0.2, 0.25) is 0 Å². The van der Waals surface area contributed by atoms with Crippen LogP contribution in [0.4, 0.5) is 5.69 Å². The van der Waals surface area contributed by atoms with Gasteiger partial charge >= 0.3 is 0 Å². The molecule has 0 fully saturated rings. The number of unbranched alkanes of at least 4 members (excludes halogenated alkanes) is 1. The van der Waals surface area contributed by atoms with Crippen molar-refractivity contribution in [3.05, 3.63) is 23.8 Å². The van der Waals surface area contributed by atoms with E-state index in [2.05, 4.69) is 50.8 Å². The molecule has 0 aromatic heterocycles. The van der Waals surface area contributed by atoms with E-state index in [0.717, 1.165) is 38.2 Å². The standard InChI is InChI=1S/C17H28N2O/c1-13-12-19(10-6-5-9-18)15-11-14(17(2,3)4)7-8-16(15)20-13/h7-8,11,13H,5-6,9-10,12,18H2,1-4H3. The van der Waals surface area contributed by atoms with E-state index in [1.54, 1.807) is 0 Å². The number of anilines is 1. The van der Waals surface area contributed by atoms with Gasteiger partial charge in [-0.3, -0.25) is 0 Å². The smallest absolute Gasteiger partial charge is 0.143 e. The van der Waals surface area contributed by atoms with E-state index in [4.69, 9.17) is 10.5 Å². The van der Waals surface area contributed by atoms with Crippen LogP contribution in [0.1, 0.15) is 46.1 Å². The Morgan fingerprint density at radius 1 is 1.30 bits per heavy atom. The van der Waals surface area contributed by atoms with E-state index in [1.807, 2.05) is 0 Å². The second-order valence-electron chi connectivity index (χ2n) is 6.80. The van der Waals surface area contributed by atoms with Gasteiger partial charge in [0.25, 0.3) is 0 Å². The monoisotopic (exact) mass is 276 g/mol. The quantitative estimate of drug-likeness (QED) is 0.857. The highest BCUT2D eigenvalue weighted by Crippen LogP contribution is 2.37. The van der Waals surface area contributed by atoms with Gasteiger partial charge in [0, 0.05) is 6.54 Å². The summed E-state index contributed by atoms with van der Waals surface area (Å²) < 4.78 is 5.97. The van der Waals surface area contributed by atoms with Crippen molar-refractivity contribution in [2.75, 3.05) is 24.5 Å². The number of rotatable bonds is 4. The topological polar surface area (TPSA) is 38.5 Å². The molecule has 1 aromatic carbocycles. The van der Waals surface area contributed by atoms with Gasteiger partial charge in [-0.2, -0.15) is 0 Å². The Balaban J connectivity index is 2.25. The fourth-order valence-corrected chi connectivity index (χ4v) is 2.65. The van der Waals surface area contributed by atoms with Gasteiger partial charge in [-0.05, 0) is 49.4 Å². The van der Waals surface area contributed by atoms with Crippen LogP contribution in [0.25, 0.3) is 0 Å². The van der Waals surface area contributed by atoms with Crippen LogP contribution in [-0.2, 0) is 5.41 Å². The first-order chi connectivity index (χ1) is 9.41. The summed E-state index contributed by atoms with van der Waals surface area (Å²) in [6, 6.07) is 6.61. The third kappa shape index (κ3) is 3.45. The summed E-state index contributed by atoms with van der Waals surface area (Å²) in [5.41, 5.74) is 8.37. The lowest BCUT2D eigenvalue weighted by atomic mass is 9.86. The number of fused-ring (bicyclic) bond motifs is 1. The van der Waals surface area contributed by atoms with Crippen LogP contribution in [0.5, 0.6) is 5.75 Å². The van der Waals surface area contributed by atoms with Gasteiger partial charge in [0.05, 0.1) is 12.2 Å². The highest BCUT2D eigenvalue weighted by molar-refractivity contribution is 5.62. The van der Waals surface area contributed by atoms with Crippen LogP contribution in [0, 0.1) is 0 Å². The summed E-state index contributed by atoms with van der Waals surface area (Å²) in [5.74, 6) is 1.02. The number of ether oxygens (including phenoxy) is 1. The van der Waals surface area contributed by atoms with Crippen molar-refractivity contribution in [3.63, 3.8) is 0 Å². The van der Waals surface area contributed by atoms with Crippen molar-refractivity contribution < 1.29 is 4.74 Å². The predicted octanol–water partition coefficient (Wildman–Crippen LogP) is 3.31. The molecular formula is C17H28N2O. The van der Waals surface area contributed by atoms with E-state index in [-0.39, 0.29) is 11.5 Å². The first-order valence-electron chi connectivity index (χ1n) is 7.68.